The Morgan fingerprint density at radius 1 is 1.18 bits per heavy atom. The van der Waals surface area contributed by atoms with Crippen LogP contribution in [0.1, 0.15) is 11.3 Å². The first kappa shape index (κ1) is 11.4. The molecule has 0 atom stereocenters. The standard InChI is InChI=1S/C13H15N3O/c1-10-7-8-14-13(15-10)16(2)9-11-3-5-12(17)6-4-11/h3-8,17H,9H2,1-2H3. The molecule has 0 radical (unpaired) electrons. The summed E-state index contributed by atoms with van der Waals surface area (Å²) in [5.41, 5.74) is 2.06. The average molecular weight is 229 g/mol. The minimum absolute atomic E-state index is 0.281. The second-order valence-electron chi connectivity index (χ2n) is 4.02. The van der Waals surface area contributed by atoms with E-state index in [1.165, 1.54) is 0 Å². The number of nitrogens with zero attached hydrogens (tertiary/aromatic N) is 3. The van der Waals surface area contributed by atoms with Crippen molar-refractivity contribution < 1.29 is 5.11 Å². The zero-order valence-electron chi connectivity index (χ0n) is 9.96. The van der Waals surface area contributed by atoms with Gasteiger partial charge in [-0.3, -0.25) is 0 Å². The van der Waals surface area contributed by atoms with Gasteiger partial charge in [0.05, 0.1) is 0 Å². The first-order chi connectivity index (χ1) is 8.15. The highest BCUT2D eigenvalue weighted by atomic mass is 16.3. The fourth-order valence-corrected chi connectivity index (χ4v) is 1.57. The predicted octanol–water partition coefficient (Wildman–Crippen LogP) is 2.13. The monoisotopic (exact) mass is 229 g/mol. The van der Waals surface area contributed by atoms with E-state index in [1.807, 2.05) is 37.1 Å². The molecule has 1 aromatic carbocycles. The molecule has 0 aliphatic carbocycles. The van der Waals surface area contributed by atoms with Crippen LogP contribution in [-0.2, 0) is 6.54 Å². The summed E-state index contributed by atoms with van der Waals surface area (Å²) in [4.78, 5) is 10.5. The maximum atomic E-state index is 9.21. The van der Waals surface area contributed by atoms with Gasteiger partial charge in [-0.2, -0.15) is 0 Å². The van der Waals surface area contributed by atoms with E-state index in [9.17, 15) is 5.11 Å². The van der Waals surface area contributed by atoms with Crippen LogP contribution in [-0.4, -0.2) is 22.1 Å². The molecule has 1 heterocycles. The molecule has 0 amide bonds. The molecule has 0 spiro atoms. The number of aryl methyl sites for hydroxylation is 1. The molecular weight excluding hydrogens is 214 g/mol. The maximum absolute atomic E-state index is 9.21. The minimum atomic E-state index is 0.281. The third-order valence-corrected chi connectivity index (χ3v) is 2.48. The number of aromatic hydroxyl groups is 1. The summed E-state index contributed by atoms with van der Waals surface area (Å²) in [5, 5.41) is 9.21. The molecule has 0 saturated carbocycles. The summed E-state index contributed by atoms with van der Waals surface area (Å²) in [6.45, 7) is 2.66. The van der Waals surface area contributed by atoms with Crippen molar-refractivity contribution in [3.63, 3.8) is 0 Å². The summed E-state index contributed by atoms with van der Waals surface area (Å²) < 4.78 is 0. The van der Waals surface area contributed by atoms with E-state index in [2.05, 4.69) is 9.97 Å². The third kappa shape index (κ3) is 2.93. The van der Waals surface area contributed by atoms with Crippen LogP contribution in [0.4, 0.5) is 5.95 Å². The lowest BCUT2D eigenvalue weighted by Gasteiger charge is -2.17. The van der Waals surface area contributed by atoms with E-state index in [0.29, 0.717) is 12.5 Å². The molecule has 0 saturated heterocycles. The van der Waals surface area contributed by atoms with Gasteiger partial charge >= 0.3 is 0 Å². The Hall–Kier alpha value is -2.10. The van der Waals surface area contributed by atoms with Gasteiger partial charge in [-0.15, -0.1) is 0 Å². The number of phenolic OH excluding ortho intramolecular Hbond substituents is 1. The molecule has 17 heavy (non-hydrogen) atoms. The largest absolute Gasteiger partial charge is 0.508 e. The zero-order valence-corrected chi connectivity index (χ0v) is 9.96. The minimum Gasteiger partial charge on any atom is -0.508 e. The fourth-order valence-electron chi connectivity index (χ4n) is 1.57. The Labute approximate surface area is 101 Å². The lowest BCUT2D eigenvalue weighted by Crippen LogP contribution is -2.19. The molecule has 0 unspecified atom stereocenters. The molecule has 0 fully saturated rings. The Bertz CT molecular complexity index is 496. The quantitative estimate of drug-likeness (QED) is 0.876. The Balaban J connectivity index is 2.11. The predicted molar refractivity (Wildman–Crippen MR) is 67.0 cm³/mol. The second-order valence-corrected chi connectivity index (χ2v) is 4.02. The van der Waals surface area contributed by atoms with Crippen molar-refractivity contribution >= 4 is 5.95 Å². The van der Waals surface area contributed by atoms with Crippen LogP contribution < -0.4 is 4.90 Å². The van der Waals surface area contributed by atoms with Crippen LogP contribution in [0.25, 0.3) is 0 Å². The smallest absolute Gasteiger partial charge is 0.225 e. The first-order valence-electron chi connectivity index (χ1n) is 5.44. The topological polar surface area (TPSA) is 49.2 Å². The number of hydrogen-bond acceptors (Lipinski definition) is 4. The zero-order chi connectivity index (χ0) is 12.3. The number of rotatable bonds is 3. The van der Waals surface area contributed by atoms with Crippen LogP contribution >= 0.6 is 0 Å². The summed E-state index contributed by atoms with van der Waals surface area (Å²) in [5.74, 6) is 0.987. The van der Waals surface area contributed by atoms with E-state index >= 15 is 0 Å². The molecule has 0 aliphatic heterocycles. The van der Waals surface area contributed by atoms with Crippen molar-refractivity contribution in [2.75, 3.05) is 11.9 Å². The Morgan fingerprint density at radius 3 is 2.53 bits per heavy atom. The van der Waals surface area contributed by atoms with Gasteiger partial charge in [-0.1, -0.05) is 12.1 Å². The van der Waals surface area contributed by atoms with Crippen molar-refractivity contribution in [1.82, 2.24) is 9.97 Å². The molecule has 1 aromatic heterocycles. The summed E-state index contributed by atoms with van der Waals surface area (Å²) in [7, 11) is 1.95. The van der Waals surface area contributed by atoms with E-state index < -0.39 is 0 Å². The molecule has 4 nitrogen and oxygen atoms in total. The molecule has 2 rings (SSSR count). The summed E-state index contributed by atoms with van der Waals surface area (Å²) >= 11 is 0. The molecule has 1 N–H and O–H groups in total. The van der Waals surface area contributed by atoms with Gasteiger partial charge in [0.25, 0.3) is 0 Å². The Kier molecular flexibility index (Phi) is 3.23. The number of anilines is 1. The fraction of sp³-hybridized carbons (Fsp3) is 0.231. The molecule has 4 heteroatoms. The Morgan fingerprint density at radius 2 is 1.88 bits per heavy atom. The normalized spacial score (nSPS) is 10.2. The SMILES string of the molecule is Cc1ccnc(N(C)Cc2ccc(O)cc2)n1. The van der Waals surface area contributed by atoms with E-state index in [1.54, 1.807) is 18.3 Å². The lowest BCUT2D eigenvalue weighted by atomic mass is 10.2. The highest BCUT2D eigenvalue weighted by Gasteiger charge is 2.04. The van der Waals surface area contributed by atoms with Crippen molar-refractivity contribution in [2.45, 2.75) is 13.5 Å². The van der Waals surface area contributed by atoms with Crippen molar-refractivity contribution in [2.24, 2.45) is 0 Å². The van der Waals surface area contributed by atoms with Gasteiger partial charge < -0.3 is 10.0 Å². The van der Waals surface area contributed by atoms with Crippen LogP contribution in [0.15, 0.2) is 36.5 Å². The van der Waals surface area contributed by atoms with E-state index in [4.69, 9.17) is 0 Å². The van der Waals surface area contributed by atoms with Gasteiger partial charge in [-0.25, -0.2) is 9.97 Å². The number of phenols is 1. The van der Waals surface area contributed by atoms with Gasteiger partial charge in [0.2, 0.25) is 5.95 Å². The van der Waals surface area contributed by atoms with Gasteiger partial charge in [0.1, 0.15) is 5.75 Å². The number of benzene rings is 1. The van der Waals surface area contributed by atoms with Crippen molar-refractivity contribution in [1.29, 1.82) is 0 Å². The summed E-state index contributed by atoms with van der Waals surface area (Å²) in [6.07, 6.45) is 1.75. The first-order valence-corrected chi connectivity index (χ1v) is 5.44. The van der Waals surface area contributed by atoms with Crippen LogP contribution in [0.3, 0.4) is 0 Å². The van der Waals surface area contributed by atoms with Gasteiger partial charge in [0, 0.05) is 25.5 Å². The molecular formula is C13H15N3O. The van der Waals surface area contributed by atoms with Crippen LogP contribution in [0.5, 0.6) is 5.75 Å². The lowest BCUT2D eigenvalue weighted by molar-refractivity contribution is 0.475. The van der Waals surface area contributed by atoms with Crippen LogP contribution in [0.2, 0.25) is 0 Å². The third-order valence-electron chi connectivity index (χ3n) is 2.48. The highest BCUT2D eigenvalue weighted by Crippen LogP contribution is 2.13. The second kappa shape index (κ2) is 4.82. The van der Waals surface area contributed by atoms with Gasteiger partial charge in [0.15, 0.2) is 0 Å². The number of aromatic nitrogens is 2. The molecule has 88 valence electrons. The maximum Gasteiger partial charge on any atom is 0.225 e. The van der Waals surface area contributed by atoms with E-state index in [-0.39, 0.29) is 5.75 Å². The molecule has 2 aromatic rings. The average Bonchev–Trinajstić information content (AvgIpc) is 2.32. The summed E-state index contributed by atoms with van der Waals surface area (Å²) in [6, 6.07) is 9.02. The van der Waals surface area contributed by atoms with Crippen molar-refractivity contribution in [3.05, 3.63) is 47.8 Å². The number of hydrogen-bond donors (Lipinski definition) is 1. The van der Waals surface area contributed by atoms with Crippen LogP contribution in [0, 0.1) is 6.92 Å². The van der Waals surface area contributed by atoms with E-state index in [0.717, 1.165) is 11.3 Å². The highest BCUT2D eigenvalue weighted by molar-refractivity contribution is 5.33. The molecule has 0 aliphatic rings. The van der Waals surface area contributed by atoms with Gasteiger partial charge in [-0.05, 0) is 30.7 Å². The molecule has 0 bridgehead atoms. The van der Waals surface area contributed by atoms with Crippen molar-refractivity contribution in [3.8, 4) is 5.75 Å².